The van der Waals surface area contributed by atoms with E-state index in [9.17, 15) is 0 Å². The number of para-hydroxylation sites is 1. The van der Waals surface area contributed by atoms with Crippen molar-refractivity contribution < 1.29 is 47.4 Å². The molecule has 0 unspecified atom stereocenters. The van der Waals surface area contributed by atoms with Crippen molar-refractivity contribution >= 4 is 117 Å². The van der Waals surface area contributed by atoms with Gasteiger partial charge in [-0.2, -0.15) is 29.9 Å². The van der Waals surface area contributed by atoms with Crippen LogP contribution in [0.15, 0.2) is 235 Å². The summed E-state index contributed by atoms with van der Waals surface area (Å²) < 4.78 is 57.7. The minimum Gasteiger partial charge on any atom is -0.497 e. The lowest BCUT2D eigenvalue weighted by atomic mass is 10.1. The second-order valence-electron chi connectivity index (χ2n) is 32.5. The van der Waals surface area contributed by atoms with Crippen molar-refractivity contribution in [3.05, 3.63) is 357 Å². The van der Waals surface area contributed by atoms with Crippen LogP contribution >= 0.6 is 81.4 Å². The van der Waals surface area contributed by atoms with Crippen molar-refractivity contribution in [2.24, 2.45) is 0 Å². The molecule has 12 N–H and O–H groups in total. The van der Waals surface area contributed by atoms with Crippen molar-refractivity contribution in [3.63, 3.8) is 0 Å². The summed E-state index contributed by atoms with van der Waals surface area (Å²) in [5.74, 6) is 18.8. The predicted molar refractivity (Wildman–Crippen MR) is 573 cm³/mol. The van der Waals surface area contributed by atoms with E-state index in [1.807, 2.05) is 294 Å². The number of benzene rings is 12. The number of H-pyrrole nitrogens is 6. The van der Waals surface area contributed by atoms with Crippen molar-refractivity contribution in [2.45, 2.75) is 120 Å². The number of aryl methyl sites for hydroxylation is 10. The molecule has 0 saturated carbocycles. The highest BCUT2D eigenvalue weighted by molar-refractivity contribution is 7.98. The van der Waals surface area contributed by atoms with E-state index in [1.54, 1.807) is 32.0 Å². The van der Waals surface area contributed by atoms with E-state index in [1.165, 1.54) is 10.5 Å². The molecular weight excluding hydrogens is 2000 g/mol. The molecule has 19 rings (SSSR count). The molecule has 0 amide bonds. The zero-order chi connectivity index (χ0) is 103. The van der Waals surface area contributed by atoms with E-state index >= 15 is 0 Å². The first kappa shape index (κ1) is 106. The Bertz CT molecular complexity index is 7390. The van der Waals surface area contributed by atoms with Gasteiger partial charge in [-0.3, -0.25) is 30.6 Å². The number of nitrogens with zero attached hydrogens (tertiary/aromatic N) is 12. The molecule has 0 spiro atoms. The van der Waals surface area contributed by atoms with Crippen LogP contribution in [-0.2, 0) is 39.3 Å². The molecule has 0 bridgehead atoms. The van der Waals surface area contributed by atoms with E-state index in [0.29, 0.717) is 168 Å². The summed E-state index contributed by atoms with van der Waals surface area (Å²) in [4.78, 5) is 26.5. The van der Waals surface area contributed by atoms with Gasteiger partial charge in [0.05, 0.1) is 14.2 Å². The first-order chi connectivity index (χ1) is 70.6. The first-order valence-electron chi connectivity index (χ1n) is 45.6. The number of aromatic amines is 6. The maximum atomic E-state index is 6.37. The van der Waals surface area contributed by atoms with Gasteiger partial charge in [0.2, 0.25) is 42.5 Å². The largest absolute Gasteiger partial charge is 0.497 e. The number of hydrogen-bond donors (Lipinski definition) is 12. The number of rotatable bonds is 33. The van der Waals surface area contributed by atoms with Crippen molar-refractivity contribution in [1.29, 1.82) is 0 Å². The molecule has 12 aromatic carbocycles. The van der Waals surface area contributed by atoms with Crippen molar-refractivity contribution in [2.75, 3.05) is 59.2 Å². The highest BCUT2D eigenvalue weighted by Gasteiger charge is 2.22. The molecule has 146 heavy (non-hydrogen) atoms. The molecule has 0 atom stereocenters. The molecule has 754 valence electrons. The smallest absolute Gasteiger partial charge is 0.242 e. The van der Waals surface area contributed by atoms with Gasteiger partial charge in [-0.15, -0.1) is 42.4 Å². The minimum atomic E-state index is 0.223. The van der Waals surface area contributed by atoms with Gasteiger partial charge in [-0.1, -0.05) is 142 Å². The molecule has 0 saturated heterocycles. The molecule has 18 aromatic rings. The Morgan fingerprint density at radius 3 is 0.966 bits per heavy atom. The van der Waals surface area contributed by atoms with Gasteiger partial charge in [0.1, 0.15) is 104 Å². The summed E-state index contributed by atoms with van der Waals surface area (Å²) in [6.07, 6.45) is 2.04. The SMILES string of the molecule is COc1cc(C)cc(Oc2cccc(Cl)c2CNc2n[nH]c(C)n2)c1.COc1cc(C)ccc1Oc1cccc(Cl)c1CNc1n[nH]c(C)n1.CSc1ccc(Oc2cccc(Cl)c2CNc2n[nH]c(C)n2)cc1.Cc1nc(NCc2c(Cl)cccc2Oc2ccc3c(c2)OCO3)n[nH]1.Cc1nc(NCc2c(Cl)cccc2Oc2cccc(C)c2C)n[nH]1.Cc1nc(NCc2c(Cl)cccc2Oc2ccccc2C)n[nH]1. The van der Waals surface area contributed by atoms with Crippen LogP contribution in [0.1, 0.15) is 96.1 Å². The lowest BCUT2D eigenvalue weighted by molar-refractivity contribution is 0.174. The third-order valence-corrected chi connectivity index (χ3v) is 24.4. The second-order valence-corrected chi connectivity index (χ2v) is 35.8. The number of thioether (sulfide) groups is 1. The molecule has 0 radical (unpaired) electrons. The average molecular weight is 2110 g/mol. The van der Waals surface area contributed by atoms with Crippen LogP contribution in [0.4, 0.5) is 35.7 Å². The van der Waals surface area contributed by atoms with Crippen LogP contribution in [0.2, 0.25) is 30.1 Å². The number of halogens is 6. The molecule has 41 heteroatoms. The molecule has 1 aliphatic heterocycles. The van der Waals surface area contributed by atoms with Crippen LogP contribution < -0.4 is 79.3 Å². The van der Waals surface area contributed by atoms with E-state index < -0.39 is 0 Å². The molecule has 0 aliphatic carbocycles. The normalized spacial score (nSPS) is 10.9. The number of ether oxygens (including phenoxy) is 10. The lowest BCUT2D eigenvalue weighted by Crippen LogP contribution is -2.04. The summed E-state index contributed by atoms with van der Waals surface area (Å²) in [6, 6.07) is 72.2. The fraction of sp³-hybridized carbons (Fsp3) is 0.200. The van der Waals surface area contributed by atoms with Gasteiger partial charge in [-0.05, 0) is 256 Å². The Morgan fingerprint density at radius 1 is 0.274 bits per heavy atom. The summed E-state index contributed by atoms with van der Waals surface area (Å²) in [6.45, 7) is 24.1. The van der Waals surface area contributed by atoms with Gasteiger partial charge < -0.3 is 79.3 Å². The van der Waals surface area contributed by atoms with Crippen LogP contribution in [-0.4, -0.2) is 118 Å². The summed E-state index contributed by atoms with van der Waals surface area (Å²) in [5.41, 5.74) is 10.5. The van der Waals surface area contributed by atoms with Crippen LogP contribution in [0.5, 0.6) is 92.0 Å². The third kappa shape index (κ3) is 30.5. The van der Waals surface area contributed by atoms with Crippen LogP contribution in [0, 0.1) is 76.2 Å². The molecule has 34 nitrogen and oxygen atoms in total. The Morgan fingerprint density at radius 2 is 0.596 bits per heavy atom. The van der Waals surface area contributed by atoms with Gasteiger partial charge in [0, 0.05) is 120 Å². The van der Waals surface area contributed by atoms with Gasteiger partial charge in [0.25, 0.3) is 0 Å². The molecular formula is C105H106Cl6N24O10S. The fourth-order valence-corrected chi connectivity index (χ4v) is 15.8. The third-order valence-electron chi connectivity index (χ3n) is 21.6. The Hall–Kier alpha value is -15.6. The Balaban J connectivity index is 0.000000139. The van der Waals surface area contributed by atoms with Crippen molar-refractivity contribution in [1.82, 2.24) is 91.1 Å². The number of anilines is 6. The number of nitrogens with one attached hydrogen (secondary N) is 12. The van der Waals surface area contributed by atoms with Gasteiger partial charge in [-0.25, -0.2) is 0 Å². The molecule has 7 heterocycles. The van der Waals surface area contributed by atoms with Gasteiger partial charge >= 0.3 is 0 Å². The van der Waals surface area contributed by atoms with Crippen LogP contribution in [0.25, 0.3) is 0 Å². The Labute approximate surface area is 877 Å². The summed E-state index contributed by atoms with van der Waals surface area (Å²) in [7, 11) is 3.25. The highest BCUT2D eigenvalue weighted by Crippen LogP contribution is 2.43. The maximum Gasteiger partial charge on any atom is 0.242 e. The second kappa shape index (κ2) is 52.1. The van der Waals surface area contributed by atoms with Crippen molar-refractivity contribution in [3.8, 4) is 92.0 Å². The molecule has 6 aromatic heterocycles. The van der Waals surface area contributed by atoms with Gasteiger partial charge in [0.15, 0.2) is 23.0 Å². The number of aromatic nitrogens is 18. The lowest BCUT2D eigenvalue weighted by Gasteiger charge is -2.15. The summed E-state index contributed by atoms with van der Waals surface area (Å²) in [5, 5.41) is 63.7. The van der Waals surface area contributed by atoms with E-state index in [2.05, 4.69) is 136 Å². The molecule has 0 fully saturated rings. The topological polar surface area (TPSA) is 414 Å². The summed E-state index contributed by atoms with van der Waals surface area (Å²) >= 11 is 39.8. The molecule has 1 aliphatic rings. The standard InChI is InChI=1S/2C18H19ClN4O2.C18H19ClN4O.C17H15ClN4O3.C17H17ClN4OS.C17H17ClN4O/c1-11-7-13(24-3)9-14(8-11)25-17-6-4-5-16(19)15(17)10-20-18-21-12(2)22-23-18;1-11-7-8-16(17(9-11)24-3)25-15-6-4-5-14(19)13(15)10-20-18-21-12(2)22-23-18;1-11-6-4-8-16(12(11)2)24-17-9-5-7-15(19)14(17)10-20-18-21-13(3)22-23-18;1-10-20-17(22-21-10)19-8-12-13(18)3-2-4-14(12)25-11-5-6-15-16(7-11)24-9-23-15;1-11-20-17(22-21-11)19-10-14-15(18)4-3-5-16(14)23-12-6-8-13(24-2)9-7-12;1-11-6-3-4-8-15(11)23-16-9-5-7-14(18)13(16)10-19-17-20-12(2)21-22-17/h2*4-9H,10H2,1-3H3,(H2,20,21,22,23);4-9H,10H2,1-3H3,(H2,20,21,22,23);2-7H,8-9H2,1H3,(H2,19,20,21,22);3-9H,10H2,1-2H3,(H2,19,20,21,22);3-9H,10H2,1-2H3,(H2,19,20,21,22). The number of methoxy groups -OCH3 is 2. The van der Waals surface area contributed by atoms with E-state index in [0.717, 1.165) is 119 Å². The minimum absolute atomic E-state index is 0.223. The zero-order valence-electron chi connectivity index (χ0n) is 82.0. The zero-order valence-corrected chi connectivity index (χ0v) is 87.4. The van der Waals surface area contributed by atoms with E-state index in [-0.39, 0.29) is 6.79 Å². The fourth-order valence-electron chi connectivity index (χ4n) is 13.9. The quantitative estimate of drug-likeness (QED) is 0.0170. The number of hydrogen-bond acceptors (Lipinski definition) is 29. The maximum absolute atomic E-state index is 6.37. The van der Waals surface area contributed by atoms with E-state index in [4.69, 9.17) is 117 Å². The monoisotopic (exact) mass is 2100 g/mol. The predicted octanol–water partition coefficient (Wildman–Crippen LogP) is 27.0. The van der Waals surface area contributed by atoms with Crippen LogP contribution in [0.3, 0.4) is 0 Å². The highest BCUT2D eigenvalue weighted by atomic mass is 35.5. The Kier molecular flexibility index (Phi) is 37.8. The average Bonchev–Trinajstić information content (AvgIpc) is 1.63. The first-order valence-corrected chi connectivity index (χ1v) is 49.1. The number of fused-ring (bicyclic) bond motifs is 1.